The third-order valence-electron chi connectivity index (χ3n) is 5.50. The van der Waals surface area contributed by atoms with Crippen LogP contribution in [0.2, 0.25) is 0 Å². The van der Waals surface area contributed by atoms with E-state index >= 15 is 0 Å². The van der Waals surface area contributed by atoms with Crippen LogP contribution in [0.15, 0.2) is 58.6 Å². The van der Waals surface area contributed by atoms with Crippen LogP contribution in [-0.4, -0.2) is 48.1 Å². The van der Waals surface area contributed by atoms with Crippen molar-refractivity contribution in [2.24, 2.45) is 0 Å². The molecule has 2 atom stereocenters. The fourth-order valence-electron chi connectivity index (χ4n) is 4.03. The number of rotatable bonds is 5. The number of hydrogen-bond acceptors (Lipinski definition) is 5. The molecule has 2 aromatic carbocycles. The van der Waals surface area contributed by atoms with E-state index in [0.29, 0.717) is 28.9 Å². The van der Waals surface area contributed by atoms with E-state index in [1.807, 2.05) is 30.3 Å². The van der Waals surface area contributed by atoms with Gasteiger partial charge in [0.25, 0.3) is 11.7 Å². The van der Waals surface area contributed by atoms with Crippen LogP contribution in [0, 0.1) is 0 Å². The van der Waals surface area contributed by atoms with Gasteiger partial charge in [0.2, 0.25) is 0 Å². The zero-order valence-corrected chi connectivity index (χ0v) is 18.1. The minimum absolute atomic E-state index is 0.0845. The summed E-state index contributed by atoms with van der Waals surface area (Å²) in [6.07, 6.45) is 1.67. The number of methoxy groups -OCH3 is 1. The molecule has 0 aromatic heterocycles. The lowest BCUT2D eigenvalue weighted by Crippen LogP contribution is -2.36. The highest BCUT2D eigenvalue weighted by molar-refractivity contribution is 9.10. The summed E-state index contributed by atoms with van der Waals surface area (Å²) in [7, 11) is 1.55. The van der Waals surface area contributed by atoms with Crippen molar-refractivity contribution in [3.63, 3.8) is 0 Å². The maximum Gasteiger partial charge on any atom is 0.295 e. The van der Waals surface area contributed by atoms with E-state index < -0.39 is 17.7 Å². The maximum absolute atomic E-state index is 13.0. The molecule has 0 bridgehead atoms. The summed E-state index contributed by atoms with van der Waals surface area (Å²) < 4.78 is 11.6. The number of carbonyl (C=O) groups is 2. The fourth-order valence-corrected chi connectivity index (χ4v) is 4.57. The van der Waals surface area contributed by atoms with Gasteiger partial charge in [-0.3, -0.25) is 9.59 Å². The molecular formula is C23H22BrNO5. The molecule has 1 N–H and O–H groups in total. The SMILES string of the molecule is COc1ccc(/C(O)=C2/C(=O)C(=O)N(CC3CCCO3)C2c2ccccc2)cc1Br. The summed E-state index contributed by atoms with van der Waals surface area (Å²) in [6.45, 7) is 0.970. The number of amides is 1. The van der Waals surface area contributed by atoms with Crippen molar-refractivity contribution < 1.29 is 24.2 Å². The third-order valence-corrected chi connectivity index (χ3v) is 6.12. The summed E-state index contributed by atoms with van der Waals surface area (Å²) in [5.74, 6) is -0.912. The van der Waals surface area contributed by atoms with E-state index in [-0.39, 0.29) is 17.4 Å². The number of ketones is 1. The van der Waals surface area contributed by atoms with Gasteiger partial charge >= 0.3 is 0 Å². The number of ether oxygens (including phenoxy) is 2. The van der Waals surface area contributed by atoms with Gasteiger partial charge in [-0.05, 0) is 52.5 Å². The normalized spacial score (nSPS) is 23.2. The Hall–Kier alpha value is -2.64. The van der Waals surface area contributed by atoms with Crippen molar-refractivity contribution in [3.05, 3.63) is 69.7 Å². The topological polar surface area (TPSA) is 76.1 Å². The lowest BCUT2D eigenvalue weighted by molar-refractivity contribution is -0.140. The van der Waals surface area contributed by atoms with Crippen LogP contribution in [0.25, 0.3) is 5.76 Å². The molecule has 0 aliphatic carbocycles. The average molecular weight is 472 g/mol. The Kier molecular flexibility index (Phi) is 5.92. The van der Waals surface area contributed by atoms with Gasteiger partial charge in [-0.2, -0.15) is 0 Å². The third kappa shape index (κ3) is 3.75. The standard InChI is InChI=1S/C23H22BrNO5/c1-29-18-10-9-15(12-17(18)24)21(26)19-20(14-6-3-2-4-7-14)25(23(28)22(19)27)13-16-8-5-11-30-16/h2-4,6-7,9-10,12,16,20,26H,5,8,11,13H2,1H3/b21-19-. The van der Waals surface area contributed by atoms with Crippen molar-refractivity contribution >= 4 is 33.4 Å². The van der Waals surface area contributed by atoms with Crippen molar-refractivity contribution in [1.29, 1.82) is 0 Å². The Morgan fingerprint density at radius 2 is 2.00 bits per heavy atom. The minimum Gasteiger partial charge on any atom is -0.507 e. The van der Waals surface area contributed by atoms with E-state index in [1.54, 1.807) is 25.3 Å². The molecule has 0 radical (unpaired) electrons. The Balaban J connectivity index is 1.81. The van der Waals surface area contributed by atoms with E-state index in [9.17, 15) is 14.7 Å². The Bertz CT molecular complexity index is 998. The van der Waals surface area contributed by atoms with Gasteiger partial charge in [0.1, 0.15) is 11.5 Å². The van der Waals surface area contributed by atoms with E-state index in [4.69, 9.17) is 9.47 Å². The van der Waals surface area contributed by atoms with Crippen LogP contribution in [0.4, 0.5) is 0 Å². The number of aliphatic hydroxyl groups is 1. The molecular weight excluding hydrogens is 450 g/mol. The molecule has 2 fully saturated rings. The number of halogens is 1. The van der Waals surface area contributed by atoms with Crippen molar-refractivity contribution in [3.8, 4) is 5.75 Å². The van der Waals surface area contributed by atoms with Crippen LogP contribution in [0.5, 0.6) is 5.75 Å². The molecule has 156 valence electrons. The number of Topliss-reactive ketones (excluding diaryl/α,β-unsaturated/α-hetero) is 1. The van der Waals surface area contributed by atoms with Crippen LogP contribution < -0.4 is 4.74 Å². The molecule has 2 heterocycles. The van der Waals surface area contributed by atoms with E-state index in [0.717, 1.165) is 18.4 Å². The zero-order valence-electron chi connectivity index (χ0n) is 16.5. The van der Waals surface area contributed by atoms with E-state index in [2.05, 4.69) is 15.9 Å². The van der Waals surface area contributed by atoms with Gasteiger partial charge in [-0.25, -0.2) is 0 Å². The largest absolute Gasteiger partial charge is 0.507 e. The van der Waals surface area contributed by atoms with E-state index in [1.165, 1.54) is 4.90 Å². The lowest BCUT2D eigenvalue weighted by Gasteiger charge is -2.27. The van der Waals surface area contributed by atoms with Crippen LogP contribution in [0.1, 0.15) is 30.0 Å². The lowest BCUT2D eigenvalue weighted by atomic mass is 9.95. The summed E-state index contributed by atoms with van der Waals surface area (Å²) in [5.41, 5.74) is 1.28. The fraction of sp³-hybridized carbons (Fsp3) is 0.304. The highest BCUT2D eigenvalue weighted by Crippen LogP contribution is 2.40. The number of hydrogen-bond donors (Lipinski definition) is 1. The predicted octanol–water partition coefficient (Wildman–Crippen LogP) is 4.06. The first-order chi connectivity index (χ1) is 14.5. The van der Waals surface area contributed by atoms with Crippen LogP contribution in [-0.2, 0) is 14.3 Å². The average Bonchev–Trinajstić information content (AvgIpc) is 3.36. The minimum atomic E-state index is -0.689. The van der Waals surface area contributed by atoms with Gasteiger partial charge in [0, 0.05) is 18.7 Å². The first-order valence-corrected chi connectivity index (χ1v) is 10.6. The first-order valence-electron chi connectivity index (χ1n) is 9.80. The summed E-state index contributed by atoms with van der Waals surface area (Å²) >= 11 is 3.40. The summed E-state index contributed by atoms with van der Waals surface area (Å²) in [5, 5.41) is 11.1. The summed E-state index contributed by atoms with van der Waals surface area (Å²) in [6, 6.07) is 13.6. The number of nitrogens with zero attached hydrogens (tertiary/aromatic N) is 1. The molecule has 2 aliphatic rings. The summed E-state index contributed by atoms with van der Waals surface area (Å²) in [4.78, 5) is 27.5. The molecule has 7 heteroatoms. The van der Waals surface area contributed by atoms with Crippen molar-refractivity contribution in [2.45, 2.75) is 25.0 Å². The van der Waals surface area contributed by atoms with Gasteiger partial charge in [0.15, 0.2) is 0 Å². The van der Waals surface area contributed by atoms with Crippen LogP contribution in [0.3, 0.4) is 0 Å². The molecule has 2 aliphatic heterocycles. The second-order valence-electron chi connectivity index (χ2n) is 7.35. The maximum atomic E-state index is 13.0. The Morgan fingerprint density at radius 1 is 1.23 bits per heavy atom. The smallest absolute Gasteiger partial charge is 0.295 e. The van der Waals surface area contributed by atoms with Crippen molar-refractivity contribution in [1.82, 2.24) is 4.90 Å². The molecule has 4 rings (SSSR count). The Labute approximate surface area is 183 Å². The molecule has 2 saturated heterocycles. The van der Waals surface area contributed by atoms with Gasteiger partial charge in [0.05, 0.1) is 29.3 Å². The monoisotopic (exact) mass is 471 g/mol. The molecule has 2 unspecified atom stereocenters. The highest BCUT2D eigenvalue weighted by atomic mass is 79.9. The molecule has 1 amide bonds. The van der Waals surface area contributed by atoms with Gasteiger partial charge < -0.3 is 19.5 Å². The highest BCUT2D eigenvalue weighted by Gasteiger charge is 2.47. The second-order valence-corrected chi connectivity index (χ2v) is 8.20. The number of benzene rings is 2. The molecule has 6 nitrogen and oxygen atoms in total. The first kappa shape index (κ1) is 20.6. The second kappa shape index (κ2) is 8.62. The van der Waals surface area contributed by atoms with Gasteiger partial charge in [-0.1, -0.05) is 30.3 Å². The zero-order chi connectivity index (χ0) is 21.3. The predicted molar refractivity (Wildman–Crippen MR) is 115 cm³/mol. The molecule has 0 saturated carbocycles. The van der Waals surface area contributed by atoms with Crippen LogP contribution >= 0.6 is 15.9 Å². The van der Waals surface area contributed by atoms with Gasteiger partial charge in [-0.15, -0.1) is 0 Å². The van der Waals surface area contributed by atoms with Crippen molar-refractivity contribution in [2.75, 3.05) is 20.3 Å². The Morgan fingerprint density at radius 3 is 2.63 bits per heavy atom. The number of carbonyl (C=O) groups excluding carboxylic acids is 2. The molecule has 0 spiro atoms. The molecule has 30 heavy (non-hydrogen) atoms. The molecule has 2 aromatic rings. The quantitative estimate of drug-likeness (QED) is 0.404. The number of likely N-dealkylation sites (tertiary alicyclic amines) is 1. The number of aliphatic hydroxyl groups excluding tert-OH is 1.